The smallest absolute Gasteiger partial charge is 0.490 e. The topological polar surface area (TPSA) is 125 Å². The maximum Gasteiger partial charge on any atom is 0.490 e. The largest absolute Gasteiger partial charge is 0.493 e. The standard InChI is InChI=1S/C19H25N3O2.2C2HF3O2/c1-13-6-17(7-14(2)21-13)23-11-15-12-24-19-10-22(9-18(15)19)8-16-4-3-5-20-16;2*3-2(4,5)1(6)7/h3-7,15,18-20H,8-12H2,1-2H3;2*(H,6,7)/t15-,18+,19+;;/m0../s1. The Morgan fingerprint density at radius 2 is 1.63 bits per heavy atom. The molecule has 2 saturated heterocycles. The minimum atomic E-state index is -5.08. The molecule has 15 heteroatoms. The van der Waals surface area contributed by atoms with E-state index >= 15 is 0 Å². The van der Waals surface area contributed by atoms with Gasteiger partial charge in [-0.3, -0.25) is 9.88 Å². The number of ether oxygens (including phenoxy) is 2. The third-order valence-electron chi connectivity index (χ3n) is 5.57. The lowest BCUT2D eigenvalue weighted by Gasteiger charge is -2.19. The summed E-state index contributed by atoms with van der Waals surface area (Å²) in [6, 6.07) is 8.21. The van der Waals surface area contributed by atoms with Crippen molar-refractivity contribution < 1.29 is 55.6 Å². The van der Waals surface area contributed by atoms with Crippen molar-refractivity contribution in [2.75, 3.05) is 26.3 Å². The SMILES string of the molecule is Cc1cc(OC[C@H]2CO[C@@H]3CN(Cc4ccc[nH]4)C[C@H]23)cc(C)n1.O=C(O)C(F)(F)F.O=C(O)C(F)(F)F. The molecule has 0 amide bonds. The fraction of sp³-hybridized carbons (Fsp3) is 0.522. The normalized spacial score (nSPS) is 21.0. The van der Waals surface area contributed by atoms with Crippen LogP contribution in [0.3, 0.4) is 0 Å². The van der Waals surface area contributed by atoms with Crippen molar-refractivity contribution in [3.8, 4) is 5.75 Å². The molecule has 0 aromatic carbocycles. The molecule has 0 saturated carbocycles. The Morgan fingerprint density at radius 3 is 2.11 bits per heavy atom. The van der Waals surface area contributed by atoms with Crippen LogP contribution in [0.4, 0.5) is 26.3 Å². The summed E-state index contributed by atoms with van der Waals surface area (Å²) >= 11 is 0. The highest BCUT2D eigenvalue weighted by Gasteiger charge is 2.44. The number of fused-ring (bicyclic) bond motifs is 1. The minimum Gasteiger partial charge on any atom is -0.493 e. The van der Waals surface area contributed by atoms with Gasteiger partial charge >= 0.3 is 24.3 Å². The molecule has 0 spiro atoms. The van der Waals surface area contributed by atoms with Gasteiger partial charge in [0, 0.05) is 66.9 Å². The number of rotatable bonds is 5. The first-order valence-electron chi connectivity index (χ1n) is 11.2. The van der Waals surface area contributed by atoms with Crippen molar-refractivity contribution in [1.82, 2.24) is 14.9 Å². The highest BCUT2D eigenvalue weighted by atomic mass is 19.4. The van der Waals surface area contributed by atoms with Gasteiger partial charge in [-0.2, -0.15) is 26.3 Å². The molecule has 4 heterocycles. The summed E-state index contributed by atoms with van der Waals surface area (Å²) in [4.78, 5) is 28.0. The number of likely N-dealkylation sites (tertiary alicyclic amines) is 1. The van der Waals surface area contributed by atoms with Crippen LogP contribution in [0.5, 0.6) is 5.75 Å². The molecular formula is C23H27F6N3O6. The minimum absolute atomic E-state index is 0.356. The summed E-state index contributed by atoms with van der Waals surface area (Å²) in [5.74, 6) is -3.55. The summed E-state index contributed by atoms with van der Waals surface area (Å²) in [6.45, 7) is 8.63. The predicted octanol–water partition coefficient (Wildman–Crippen LogP) is 3.82. The first kappa shape index (κ1) is 30.9. The Hall–Kier alpha value is -3.33. The predicted molar refractivity (Wildman–Crippen MR) is 119 cm³/mol. The number of carbonyl (C=O) groups is 2. The van der Waals surface area contributed by atoms with Crippen LogP contribution in [0.1, 0.15) is 17.1 Å². The summed E-state index contributed by atoms with van der Waals surface area (Å²) in [6.07, 6.45) is -7.83. The van der Waals surface area contributed by atoms with Crippen molar-refractivity contribution in [2.24, 2.45) is 11.8 Å². The van der Waals surface area contributed by atoms with Gasteiger partial charge in [0.1, 0.15) is 5.75 Å². The van der Waals surface area contributed by atoms with E-state index in [4.69, 9.17) is 29.3 Å². The lowest BCUT2D eigenvalue weighted by molar-refractivity contribution is -0.193. The molecule has 0 unspecified atom stereocenters. The van der Waals surface area contributed by atoms with E-state index in [0.29, 0.717) is 17.9 Å². The lowest BCUT2D eigenvalue weighted by atomic mass is 9.94. The number of nitrogens with one attached hydrogen (secondary N) is 1. The second-order valence-electron chi connectivity index (χ2n) is 8.69. The van der Waals surface area contributed by atoms with Gasteiger partial charge in [-0.05, 0) is 26.0 Å². The number of aryl methyl sites for hydroxylation is 2. The van der Waals surface area contributed by atoms with Gasteiger partial charge in [0.15, 0.2) is 0 Å². The number of H-pyrrole nitrogens is 1. The van der Waals surface area contributed by atoms with Crippen molar-refractivity contribution >= 4 is 11.9 Å². The summed E-state index contributed by atoms with van der Waals surface area (Å²) in [5, 5.41) is 14.2. The van der Waals surface area contributed by atoms with Crippen LogP contribution in [0.15, 0.2) is 30.5 Å². The molecule has 2 aromatic heterocycles. The lowest BCUT2D eigenvalue weighted by Crippen LogP contribution is -2.26. The summed E-state index contributed by atoms with van der Waals surface area (Å²) in [5.41, 5.74) is 3.28. The van der Waals surface area contributed by atoms with Gasteiger partial charge in [0.2, 0.25) is 0 Å². The number of hydrogen-bond acceptors (Lipinski definition) is 6. The molecule has 3 N–H and O–H groups in total. The van der Waals surface area contributed by atoms with Crippen molar-refractivity contribution in [3.63, 3.8) is 0 Å². The first-order chi connectivity index (χ1) is 17.6. The molecule has 2 aliphatic heterocycles. The van der Waals surface area contributed by atoms with Gasteiger partial charge < -0.3 is 24.7 Å². The Kier molecular flexibility index (Phi) is 10.5. The number of carboxylic acid groups (broad SMARTS) is 2. The van der Waals surface area contributed by atoms with Crippen molar-refractivity contribution in [3.05, 3.63) is 47.5 Å². The molecule has 0 bridgehead atoms. The molecule has 2 aromatic rings. The Labute approximate surface area is 213 Å². The molecule has 2 fully saturated rings. The maximum absolute atomic E-state index is 10.6. The second kappa shape index (κ2) is 13.0. The van der Waals surface area contributed by atoms with E-state index < -0.39 is 24.3 Å². The zero-order chi connectivity index (χ0) is 28.7. The number of aromatic amines is 1. The molecule has 9 nitrogen and oxygen atoms in total. The van der Waals surface area contributed by atoms with E-state index in [1.807, 2.05) is 32.2 Å². The van der Waals surface area contributed by atoms with Gasteiger partial charge in [0.05, 0.1) is 19.3 Å². The Morgan fingerprint density at radius 1 is 1.08 bits per heavy atom. The first-order valence-corrected chi connectivity index (χ1v) is 11.2. The number of nitrogens with zero attached hydrogens (tertiary/aromatic N) is 2. The average Bonchev–Trinajstić information content (AvgIpc) is 3.50. The van der Waals surface area contributed by atoms with Crippen LogP contribution >= 0.6 is 0 Å². The highest BCUT2D eigenvalue weighted by Crippen LogP contribution is 2.34. The van der Waals surface area contributed by atoms with E-state index in [1.165, 1.54) is 5.69 Å². The summed E-state index contributed by atoms with van der Waals surface area (Å²) < 4.78 is 75.6. The van der Waals surface area contributed by atoms with Gasteiger partial charge in [-0.25, -0.2) is 9.59 Å². The number of aliphatic carboxylic acids is 2. The summed E-state index contributed by atoms with van der Waals surface area (Å²) in [7, 11) is 0. The molecule has 38 heavy (non-hydrogen) atoms. The van der Waals surface area contributed by atoms with E-state index in [9.17, 15) is 26.3 Å². The average molecular weight is 555 g/mol. The van der Waals surface area contributed by atoms with Crippen LogP contribution in [0, 0.1) is 25.7 Å². The third kappa shape index (κ3) is 9.85. The zero-order valence-corrected chi connectivity index (χ0v) is 20.3. The Balaban J connectivity index is 0.000000301. The number of alkyl halides is 6. The van der Waals surface area contributed by atoms with Gasteiger partial charge in [-0.15, -0.1) is 0 Å². The zero-order valence-electron chi connectivity index (χ0n) is 20.3. The molecule has 3 atom stereocenters. The van der Waals surface area contributed by atoms with E-state index in [-0.39, 0.29) is 0 Å². The molecule has 0 radical (unpaired) electrons. The molecule has 212 valence electrons. The van der Waals surface area contributed by atoms with Crippen molar-refractivity contribution in [2.45, 2.75) is 38.8 Å². The number of pyridine rings is 1. The quantitative estimate of drug-likeness (QED) is 0.476. The van der Waals surface area contributed by atoms with Crippen LogP contribution < -0.4 is 4.74 Å². The number of halogens is 6. The number of aromatic nitrogens is 2. The van der Waals surface area contributed by atoms with Crippen LogP contribution in [0.2, 0.25) is 0 Å². The maximum atomic E-state index is 10.6. The van der Waals surface area contributed by atoms with Crippen LogP contribution in [-0.2, 0) is 20.9 Å². The fourth-order valence-electron chi connectivity index (χ4n) is 3.97. The fourth-order valence-corrected chi connectivity index (χ4v) is 3.97. The highest BCUT2D eigenvalue weighted by molar-refractivity contribution is 5.73. The second-order valence-corrected chi connectivity index (χ2v) is 8.69. The third-order valence-corrected chi connectivity index (χ3v) is 5.57. The molecule has 4 rings (SSSR count). The molecule has 2 aliphatic rings. The van der Waals surface area contributed by atoms with E-state index in [2.05, 4.69) is 27.0 Å². The van der Waals surface area contributed by atoms with E-state index in [0.717, 1.165) is 50.0 Å². The van der Waals surface area contributed by atoms with E-state index in [1.54, 1.807) is 0 Å². The van der Waals surface area contributed by atoms with Crippen LogP contribution in [-0.4, -0.2) is 81.8 Å². The number of carboxylic acids is 2. The Bertz CT molecular complexity index is 1020. The number of hydrogen-bond donors (Lipinski definition) is 3. The van der Waals surface area contributed by atoms with Gasteiger partial charge in [-0.1, -0.05) is 0 Å². The molecular weight excluding hydrogens is 528 g/mol. The van der Waals surface area contributed by atoms with Crippen LogP contribution in [0.25, 0.3) is 0 Å². The monoisotopic (exact) mass is 555 g/mol. The molecule has 0 aliphatic carbocycles. The van der Waals surface area contributed by atoms with Crippen molar-refractivity contribution in [1.29, 1.82) is 0 Å². The van der Waals surface area contributed by atoms with Gasteiger partial charge in [0.25, 0.3) is 0 Å².